The van der Waals surface area contributed by atoms with Gasteiger partial charge in [0.15, 0.2) is 0 Å². The van der Waals surface area contributed by atoms with Gasteiger partial charge in [-0.1, -0.05) is 0 Å². The van der Waals surface area contributed by atoms with E-state index in [2.05, 4.69) is 0 Å². The number of thiophene rings is 1. The maximum Gasteiger partial charge on any atom is 0.227 e. The zero-order valence-corrected chi connectivity index (χ0v) is 12.6. The summed E-state index contributed by atoms with van der Waals surface area (Å²) in [6, 6.07) is 2.23. The van der Waals surface area contributed by atoms with Gasteiger partial charge in [0.1, 0.15) is 6.10 Å². The molecule has 1 aliphatic carbocycles. The summed E-state index contributed by atoms with van der Waals surface area (Å²) in [4.78, 5) is 14.5. The van der Waals surface area contributed by atoms with Gasteiger partial charge in [-0.3, -0.25) is 4.79 Å². The molecule has 0 unspecified atom stereocenters. The molecule has 4 nitrogen and oxygen atoms in total. The third kappa shape index (κ3) is 2.75. The van der Waals surface area contributed by atoms with Crippen LogP contribution in [0.1, 0.15) is 25.3 Å². The minimum absolute atomic E-state index is 0.0649. The second-order valence-electron chi connectivity index (χ2n) is 5.37. The Morgan fingerprint density at radius 3 is 3.20 bits per heavy atom. The van der Waals surface area contributed by atoms with E-state index in [0.717, 1.165) is 18.4 Å². The fraction of sp³-hybridized carbons (Fsp3) is 0.667. The molecule has 1 aromatic heterocycles. The smallest absolute Gasteiger partial charge is 0.227 e. The first-order valence-corrected chi connectivity index (χ1v) is 8.27. The van der Waals surface area contributed by atoms with Gasteiger partial charge in [0, 0.05) is 13.2 Å². The molecule has 3 rings (SSSR count). The second-order valence-corrected chi connectivity index (χ2v) is 6.15. The summed E-state index contributed by atoms with van der Waals surface area (Å²) in [5.74, 6) is 0.221. The monoisotopic (exact) mass is 295 g/mol. The lowest BCUT2D eigenvalue weighted by Crippen LogP contribution is -2.54. The van der Waals surface area contributed by atoms with E-state index in [1.807, 2.05) is 28.7 Å². The predicted octanol–water partition coefficient (Wildman–Crippen LogP) is 2.09. The van der Waals surface area contributed by atoms with Gasteiger partial charge in [0.25, 0.3) is 0 Å². The Balaban J connectivity index is 1.66. The van der Waals surface area contributed by atoms with E-state index in [4.69, 9.17) is 9.47 Å². The minimum atomic E-state index is 0.0649. The fourth-order valence-corrected chi connectivity index (χ4v) is 3.96. The van der Waals surface area contributed by atoms with Crippen molar-refractivity contribution in [2.24, 2.45) is 0 Å². The van der Waals surface area contributed by atoms with E-state index < -0.39 is 0 Å². The summed E-state index contributed by atoms with van der Waals surface area (Å²) in [5, 5.41) is 4.07. The van der Waals surface area contributed by atoms with Crippen LogP contribution in [-0.2, 0) is 20.7 Å². The highest BCUT2D eigenvalue weighted by molar-refractivity contribution is 7.07. The van der Waals surface area contributed by atoms with Gasteiger partial charge in [-0.2, -0.15) is 11.3 Å². The van der Waals surface area contributed by atoms with Crippen LogP contribution in [0.2, 0.25) is 0 Å². The molecule has 1 aliphatic heterocycles. The highest BCUT2D eigenvalue weighted by Gasteiger charge is 2.44. The van der Waals surface area contributed by atoms with Crippen LogP contribution in [-0.4, -0.2) is 48.8 Å². The van der Waals surface area contributed by atoms with Gasteiger partial charge in [-0.05, 0) is 42.2 Å². The number of fused-ring (bicyclic) bond motifs is 1. The third-order valence-electron chi connectivity index (χ3n) is 4.17. The van der Waals surface area contributed by atoms with E-state index in [1.54, 1.807) is 11.3 Å². The van der Waals surface area contributed by atoms with Crippen molar-refractivity contribution < 1.29 is 14.3 Å². The molecular weight excluding hydrogens is 274 g/mol. The first kappa shape index (κ1) is 14.0. The van der Waals surface area contributed by atoms with Gasteiger partial charge >= 0.3 is 0 Å². The number of ether oxygens (including phenoxy) is 2. The lowest BCUT2D eigenvalue weighted by atomic mass is 10.1. The molecule has 1 aromatic rings. The molecule has 20 heavy (non-hydrogen) atoms. The Hall–Kier alpha value is -0.910. The Labute approximate surface area is 123 Å². The van der Waals surface area contributed by atoms with Gasteiger partial charge in [-0.15, -0.1) is 0 Å². The molecule has 1 saturated heterocycles. The zero-order valence-electron chi connectivity index (χ0n) is 11.8. The maximum absolute atomic E-state index is 12.5. The maximum atomic E-state index is 12.5. The van der Waals surface area contributed by atoms with Crippen LogP contribution in [0.3, 0.4) is 0 Å². The summed E-state index contributed by atoms with van der Waals surface area (Å²) in [6.07, 6.45) is 2.71. The van der Waals surface area contributed by atoms with Crippen molar-refractivity contribution in [3.63, 3.8) is 0 Å². The summed E-state index contributed by atoms with van der Waals surface area (Å²) in [6.45, 7) is 4.05. The lowest BCUT2D eigenvalue weighted by Gasteiger charge is -2.39. The van der Waals surface area contributed by atoms with Gasteiger partial charge < -0.3 is 14.4 Å². The summed E-state index contributed by atoms with van der Waals surface area (Å²) in [5.41, 5.74) is 1.11. The predicted molar refractivity (Wildman–Crippen MR) is 77.9 cm³/mol. The topological polar surface area (TPSA) is 38.8 Å². The van der Waals surface area contributed by atoms with Crippen molar-refractivity contribution in [2.75, 3.05) is 19.8 Å². The molecule has 0 N–H and O–H groups in total. The van der Waals surface area contributed by atoms with Gasteiger partial charge in [0.2, 0.25) is 5.91 Å². The van der Waals surface area contributed by atoms with E-state index in [-0.39, 0.29) is 24.2 Å². The van der Waals surface area contributed by atoms with E-state index >= 15 is 0 Å². The number of rotatable bonds is 4. The molecular formula is C15H21NO3S. The molecule has 2 heterocycles. The molecule has 110 valence electrons. The van der Waals surface area contributed by atoms with Crippen LogP contribution in [0.4, 0.5) is 0 Å². The first-order chi connectivity index (χ1) is 9.79. The molecule has 0 radical (unpaired) electrons. The highest BCUT2D eigenvalue weighted by atomic mass is 32.1. The quantitative estimate of drug-likeness (QED) is 0.854. The van der Waals surface area contributed by atoms with Crippen molar-refractivity contribution in [3.05, 3.63) is 22.4 Å². The minimum Gasteiger partial charge on any atom is -0.376 e. The van der Waals surface area contributed by atoms with Crippen LogP contribution in [0.5, 0.6) is 0 Å². The molecule has 0 aromatic carbocycles. The normalized spacial score (nSPS) is 29.4. The number of nitrogens with zero attached hydrogens (tertiary/aromatic N) is 1. The Morgan fingerprint density at radius 1 is 1.55 bits per heavy atom. The average Bonchev–Trinajstić information content (AvgIpc) is 3.09. The third-order valence-corrected chi connectivity index (χ3v) is 4.90. The van der Waals surface area contributed by atoms with Crippen molar-refractivity contribution in [2.45, 2.75) is 44.4 Å². The lowest BCUT2D eigenvalue weighted by molar-refractivity contribution is -0.150. The summed E-state index contributed by atoms with van der Waals surface area (Å²) >= 11 is 1.64. The SMILES string of the molecule is CCO[C@@H]1CC[C@H]2[C@H]1OCCN2C(=O)Cc1ccsc1. The molecule has 5 heteroatoms. The molecule has 1 saturated carbocycles. The highest BCUT2D eigenvalue weighted by Crippen LogP contribution is 2.32. The molecule has 2 aliphatic rings. The van der Waals surface area contributed by atoms with Crippen LogP contribution < -0.4 is 0 Å². The van der Waals surface area contributed by atoms with E-state index in [9.17, 15) is 4.79 Å². The second kappa shape index (κ2) is 6.24. The zero-order chi connectivity index (χ0) is 13.9. The average molecular weight is 295 g/mol. The van der Waals surface area contributed by atoms with Crippen molar-refractivity contribution in [3.8, 4) is 0 Å². The van der Waals surface area contributed by atoms with Gasteiger partial charge in [0.05, 0.1) is 25.2 Å². The Kier molecular flexibility index (Phi) is 4.38. The van der Waals surface area contributed by atoms with Crippen molar-refractivity contribution in [1.29, 1.82) is 0 Å². The molecule has 3 atom stereocenters. The molecule has 2 fully saturated rings. The van der Waals surface area contributed by atoms with Crippen molar-refractivity contribution in [1.82, 2.24) is 4.90 Å². The number of carbonyl (C=O) groups excluding carboxylic acids is 1. The van der Waals surface area contributed by atoms with Crippen LogP contribution in [0, 0.1) is 0 Å². The first-order valence-electron chi connectivity index (χ1n) is 7.33. The van der Waals surface area contributed by atoms with Crippen LogP contribution in [0.25, 0.3) is 0 Å². The number of amides is 1. The number of hydrogen-bond acceptors (Lipinski definition) is 4. The van der Waals surface area contributed by atoms with Crippen molar-refractivity contribution >= 4 is 17.2 Å². The summed E-state index contributed by atoms with van der Waals surface area (Å²) in [7, 11) is 0. The number of hydrogen-bond donors (Lipinski definition) is 0. The molecule has 0 spiro atoms. The number of morpholine rings is 1. The van der Waals surface area contributed by atoms with Gasteiger partial charge in [-0.25, -0.2) is 0 Å². The fourth-order valence-electron chi connectivity index (χ4n) is 3.29. The standard InChI is InChI=1S/C15H21NO3S/c1-2-18-13-4-3-12-15(13)19-7-6-16(12)14(17)9-11-5-8-20-10-11/h5,8,10,12-13,15H,2-4,6-7,9H2,1H3/t12-,13+,15+/m0/s1. The molecule has 1 amide bonds. The van der Waals surface area contributed by atoms with Crippen LogP contribution >= 0.6 is 11.3 Å². The van der Waals surface area contributed by atoms with Crippen LogP contribution in [0.15, 0.2) is 16.8 Å². The summed E-state index contributed by atoms with van der Waals surface area (Å²) < 4.78 is 11.6. The van der Waals surface area contributed by atoms with E-state index in [0.29, 0.717) is 26.2 Å². The Bertz CT molecular complexity index is 448. The number of carbonyl (C=O) groups is 1. The Morgan fingerprint density at radius 2 is 2.45 bits per heavy atom. The largest absolute Gasteiger partial charge is 0.376 e. The van der Waals surface area contributed by atoms with E-state index in [1.165, 1.54) is 0 Å². The molecule has 0 bridgehead atoms.